The van der Waals surface area contributed by atoms with E-state index >= 15 is 0 Å². The van der Waals surface area contributed by atoms with E-state index in [4.69, 9.17) is 4.74 Å². The molecular weight excluding hydrogens is 244 g/mol. The van der Waals surface area contributed by atoms with Crippen molar-refractivity contribution in [3.05, 3.63) is 18.2 Å². The molecule has 0 bridgehead atoms. The SMILES string of the molecule is CCOc1cccc2sc(NC3CCCC3)nc12. The number of aromatic nitrogens is 1. The van der Waals surface area contributed by atoms with Crippen molar-refractivity contribution in [2.75, 3.05) is 11.9 Å². The molecular formula is C14H18N2OS. The number of nitrogens with one attached hydrogen (secondary N) is 1. The van der Waals surface area contributed by atoms with Crippen molar-refractivity contribution in [2.45, 2.75) is 38.6 Å². The largest absolute Gasteiger partial charge is 0.492 e. The highest BCUT2D eigenvalue weighted by atomic mass is 32.1. The molecule has 4 heteroatoms. The number of benzene rings is 1. The lowest BCUT2D eigenvalue weighted by Crippen LogP contribution is -2.13. The number of rotatable bonds is 4. The number of hydrogen-bond donors (Lipinski definition) is 1. The Morgan fingerprint density at radius 2 is 2.22 bits per heavy atom. The Hall–Kier alpha value is -1.29. The minimum absolute atomic E-state index is 0.612. The maximum Gasteiger partial charge on any atom is 0.184 e. The standard InChI is InChI=1S/C14H18N2OS/c1-2-17-11-8-5-9-12-13(11)16-14(18-12)15-10-6-3-4-7-10/h5,8-10H,2-4,6-7H2,1H3,(H,15,16). The number of ether oxygens (including phenoxy) is 1. The molecule has 0 amide bonds. The van der Waals surface area contributed by atoms with Gasteiger partial charge in [-0.15, -0.1) is 0 Å². The molecule has 3 rings (SSSR count). The summed E-state index contributed by atoms with van der Waals surface area (Å²) in [5, 5.41) is 4.58. The minimum Gasteiger partial charge on any atom is -0.492 e. The monoisotopic (exact) mass is 262 g/mol. The van der Waals surface area contributed by atoms with Crippen LogP contribution in [0.15, 0.2) is 18.2 Å². The second kappa shape index (κ2) is 5.14. The Morgan fingerprint density at radius 3 is 3.00 bits per heavy atom. The van der Waals surface area contributed by atoms with Crippen LogP contribution in [0.3, 0.4) is 0 Å². The molecule has 2 aromatic rings. The van der Waals surface area contributed by atoms with Gasteiger partial charge in [0.25, 0.3) is 0 Å². The van der Waals surface area contributed by atoms with Gasteiger partial charge in [-0.2, -0.15) is 0 Å². The van der Waals surface area contributed by atoms with Crippen molar-refractivity contribution in [2.24, 2.45) is 0 Å². The van der Waals surface area contributed by atoms with E-state index in [0.29, 0.717) is 12.6 Å². The molecule has 1 saturated carbocycles. The molecule has 1 fully saturated rings. The molecule has 0 spiro atoms. The molecule has 1 heterocycles. The zero-order chi connectivity index (χ0) is 12.4. The van der Waals surface area contributed by atoms with Gasteiger partial charge in [-0.3, -0.25) is 0 Å². The Balaban J connectivity index is 1.87. The lowest BCUT2D eigenvalue weighted by Gasteiger charge is -2.09. The topological polar surface area (TPSA) is 34.1 Å². The first kappa shape index (κ1) is 11.8. The van der Waals surface area contributed by atoms with E-state index < -0.39 is 0 Å². The van der Waals surface area contributed by atoms with Gasteiger partial charge < -0.3 is 10.1 Å². The second-order valence-corrected chi connectivity index (χ2v) is 5.71. The number of nitrogens with zero attached hydrogens (tertiary/aromatic N) is 1. The highest BCUT2D eigenvalue weighted by molar-refractivity contribution is 7.22. The van der Waals surface area contributed by atoms with E-state index in [1.807, 2.05) is 19.1 Å². The Kier molecular flexibility index (Phi) is 3.37. The van der Waals surface area contributed by atoms with Crippen LogP contribution in [0.1, 0.15) is 32.6 Å². The first-order valence-electron chi connectivity index (χ1n) is 6.65. The molecule has 0 unspecified atom stereocenters. The third-order valence-corrected chi connectivity index (χ3v) is 4.32. The average molecular weight is 262 g/mol. The van der Waals surface area contributed by atoms with Crippen LogP contribution in [0, 0.1) is 0 Å². The van der Waals surface area contributed by atoms with Crippen LogP contribution in [0.2, 0.25) is 0 Å². The first-order chi connectivity index (χ1) is 8.86. The van der Waals surface area contributed by atoms with Gasteiger partial charge in [0.1, 0.15) is 11.3 Å². The number of thiazole rings is 1. The Morgan fingerprint density at radius 1 is 1.39 bits per heavy atom. The first-order valence-corrected chi connectivity index (χ1v) is 7.47. The molecule has 18 heavy (non-hydrogen) atoms. The molecule has 1 aliphatic carbocycles. The predicted octanol–water partition coefficient (Wildman–Crippen LogP) is 4.05. The van der Waals surface area contributed by atoms with E-state index in [2.05, 4.69) is 16.4 Å². The third kappa shape index (κ3) is 2.29. The normalized spacial score (nSPS) is 16.3. The van der Waals surface area contributed by atoms with E-state index in [-0.39, 0.29) is 0 Å². The van der Waals surface area contributed by atoms with Gasteiger partial charge in [0.2, 0.25) is 0 Å². The van der Waals surface area contributed by atoms with Gasteiger partial charge in [0.15, 0.2) is 5.13 Å². The smallest absolute Gasteiger partial charge is 0.184 e. The summed E-state index contributed by atoms with van der Waals surface area (Å²) in [5.74, 6) is 0.894. The zero-order valence-corrected chi connectivity index (χ0v) is 11.4. The summed E-state index contributed by atoms with van der Waals surface area (Å²) in [6, 6.07) is 6.74. The molecule has 1 aromatic carbocycles. The van der Waals surface area contributed by atoms with E-state index in [1.54, 1.807) is 11.3 Å². The average Bonchev–Trinajstić information content (AvgIpc) is 2.99. The molecule has 96 valence electrons. The van der Waals surface area contributed by atoms with Gasteiger partial charge in [-0.05, 0) is 31.9 Å². The van der Waals surface area contributed by atoms with Crippen LogP contribution >= 0.6 is 11.3 Å². The minimum atomic E-state index is 0.612. The molecule has 1 aliphatic rings. The maximum absolute atomic E-state index is 5.62. The number of hydrogen-bond acceptors (Lipinski definition) is 4. The fraction of sp³-hybridized carbons (Fsp3) is 0.500. The van der Waals surface area contributed by atoms with Gasteiger partial charge in [-0.1, -0.05) is 30.2 Å². The number of para-hydroxylation sites is 1. The number of anilines is 1. The van der Waals surface area contributed by atoms with Crippen molar-refractivity contribution in [1.82, 2.24) is 4.98 Å². The Labute approximate surface area is 111 Å². The molecule has 1 aromatic heterocycles. The lowest BCUT2D eigenvalue weighted by molar-refractivity contribution is 0.344. The van der Waals surface area contributed by atoms with Crippen LogP contribution in [0.5, 0.6) is 5.75 Å². The molecule has 0 aliphatic heterocycles. The van der Waals surface area contributed by atoms with E-state index in [1.165, 1.54) is 30.4 Å². The summed E-state index contributed by atoms with van der Waals surface area (Å²) in [5.41, 5.74) is 0.991. The fourth-order valence-electron chi connectivity index (χ4n) is 2.50. The number of fused-ring (bicyclic) bond motifs is 1. The summed E-state index contributed by atoms with van der Waals surface area (Å²) in [4.78, 5) is 4.68. The van der Waals surface area contributed by atoms with Crippen molar-refractivity contribution >= 4 is 26.7 Å². The maximum atomic E-state index is 5.62. The predicted molar refractivity (Wildman–Crippen MR) is 76.7 cm³/mol. The van der Waals surface area contributed by atoms with Gasteiger partial charge in [0, 0.05) is 6.04 Å². The second-order valence-electron chi connectivity index (χ2n) is 4.68. The van der Waals surface area contributed by atoms with Crippen molar-refractivity contribution < 1.29 is 4.74 Å². The van der Waals surface area contributed by atoms with Crippen molar-refractivity contribution in [3.8, 4) is 5.75 Å². The summed E-state index contributed by atoms with van der Waals surface area (Å²) >= 11 is 1.72. The van der Waals surface area contributed by atoms with Crippen molar-refractivity contribution in [1.29, 1.82) is 0 Å². The van der Waals surface area contributed by atoms with Crippen LogP contribution in [0.25, 0.3) is 10.2 Å². The van der Waals surface area contributed by atoms with Gasteiger partial charge >= 0.3 is 0 Å². The summed E-state index contributed by atoms with van der Waals surface area (Å²) in [7, 11) is 0. The lowest BCUT2D eigenvalue weighted by atomic mass is 10.3. The van der Waals surface area contributed by atoms with Crippen LogP contribution in [-0.2, 0) is 0 Å². The molecule has 1 N–H and O–H groups in total. The summed E-state index contributed by atoms with van der Waals surface area (Å²) < 4.78 is 6.81. The van der Waals surface area contributed by atoms with Gasteiger partial charge in [0.05, 0.1) is 11.3 Å². The van der Waals surface area contributed by atoms with Gasteiger partial charge in [-0.25, -0.2) is 4.98 Å². The molecule has 0 radical (unpaired) electrons. The third-order valence-electron chi connectivity index (χ3n) is 3.36. The Bertz CT molecular complexity index is 532. The fourth-order valence-corrected chi connectivity index (χ4v) is 3.46. The summed E-state index contributed by atoms with van der Waals surface area (Å²) in [6.07, 6.45) is 5.22. The summed E-state index contributed by atoms with van der Waals surface area (Å²) in [6.45, 7) is 2.69. The molecule has 0 saturated heterocycles. The quantitative estimate of drug-likeness (QED) is 0.902. The highest BCUT2D eigenvalue weighted by Crippen LogP contribution is 2.33. The van der Waals surface area contributed by atoms with Crippen LogP contribution < -0.4 is 10.1 Å². The van der Waals surface area contributed by atoms with Crippen LogP contribution in [0.4, 0.5) is 5.13 Å². The van der Waals surface area contributed by atoms with Crippen LogP contribution in [-0.4, -0.2) is 17.6 Å². The van der Waals surface area contributed by atoms with Crippen molar-refractivity contribution in [3.63, 3.8) is 0 Å². The molecule has 0 atom stereocenters. The van der Waals surface area contributed by atoms with E-state index in [9.17, 15) is 0 Å². The zero-order valence-electron chi connectivity index (χ0n) is 10.6. The molecule has 3 nitrogen and oxygen atoms in total. The van der Waals surface area contributed by atoms with E-state index in [0.717, 1.165) is 16.4 Å². The highest BCUT2D eigenvalue weighted by Gasteiger charge is 2.17.